The summed E-state index contributed by atoms with van der Waals surface area (Å²) in [6.45, 7) is 1.59. The molecule has 0 spiro atoms. The monoisotopic (exact) mass is 440 g/mol. The van der Waals surface area contributed by atoms with Crippen LogP contribution < -0.4 is 5.32 Å². The molecule has 0 atom stereocenters. The number of carbonyl (C=O) groups is 1. The fourth-order valence-electron chi connectivity index (χ4n) is 2.44. The standard InChI is InChI=1S/C13H11ClN2O.C8H6ClF3/c1-15-12-8-10(14)2-3-11(12)13(17)9-4-6-16-7-5-9;1-5-2-3-7(9)6(4-5)8(10,11)12/h2-8,15H,1H3;2-4H,1H3. The third-order valence-corrected chi connectivity index (χ3v) is 4.43. The highest BCUT2D eigenvalue weighted by atomic mass is 35.5. The number of aryl methyl sites for hydroxylation is 1. The lowest BCUT2D eigenvalue weighted by atomic mass is 10.0. The van der Waals surface area contributed by atoms with Crippen molar-refractivity contribution in [2.75, 3.05) is 12.4 Å². The van der Waals surface area contributed by atoms with Crippen molar-refractivity contribution >= 4 is 34.7 Å². The van der Waals surface area contributed by atoms with Gasteiger partial charge >= 0.3 is 6.18 Å². The summed E-state index contributed by atoms with van der Waals surface area (Å²) in [6, 6.07) is 12.4. The predicted molar refractivity (Wildman–Crippen MR) is 110 cm³/mol. The van der Waals surface area contributed by atoms with Gasteiger partial charge in [0.25, 0.3) is 0 Å². The highest BCUT2D eigenvalue weighted by Crippen LogP contribution is 2.34. The maximum atomic E-state index is 12.2. The Kier molecular flexibility index (Phi) is 7.65. The first-order chi connectivity index (χ1) is 13.6. The molecule has 152 valence electrons. The van der Waals surface area contributed by atoms with Crippen molar-refractivity contribution in [3.8, 4) is 0 Å². The van der Waals surface area contributed by atoms with Crippen LogP contribution in [0, 0.1) is 6.92 Å². The molecule has 1 aromatic heterocycles. The van der Waals surface area contributed by atoms with E-state index in [0.29, 0.717) is 21.7 Å². The van der Waals surface area contributed by atoms with E-state index in [9.17, 15) is 18.0 Å². The van der Waals surface area contributed by atoms with Gasteiger partial charge in [0.05, 0.1) is 10.6 Å². The van der Waals surface area contributed by atoms with Crippen LogP contribution in [-0.4, -0.2) is 17.8 Å². The van der Waals surface area contributed by atoms with Gasteiger partial charge in [-0.2, -0.15) is 13.2 Å². The van der Waals surface area contributed by atoms with Crippen LogP contribution in [0.4, 0.5) is 18.9 Å². The van der Waals surface area contributed by atoms with Crippen molar-refractivity contribution in [1.29, 1.82) is 0 Å². The Balaban J connectivity index is 0.000000221. The number of benzene rings is 2. The SMILES string of the molecule is CNc1cc(Cl)ccc1C(=O)c1ccncc1.Cc1ccc(Cl)c(C(F)(F)F)c1. The zero-order valence-corrected chi connectivity index (χ0v) is 17.0. The molecular formula is C21H17Cl2F3N2O. The summed E-state index contributed by atoms with van der Waals surface area (Å²) in [6.07, 6.45) is -1.16. The molecule has 3 rings (SSSR count). The Morgan fingerprint density at radius 1 is 1.00 bits per heavy atom. The number of nitrogens with zero attached hydrogens (tertiary/aromatic N) is 1. The summed E-state index contributed by atoms with van der Waals surface area (Å²) in [5.74, 6) is -0.0478. The van der Waals surface area contributed by atoms with Gasteiger partial charge in [0.2, 0.25) is 0 Å². The Hall–Kier alpha value is -2.57. The molecule has 0 saturated heterocycles. The number of pyridine rings is 1. The molecule has 3 aromatic rings. The van der Waals surface area contributed by atoms with Crippen LogP contribution >= 0.6 is 23.2 Å². The van der Waals surface area contributed by atoms with Gasteiger partial charge in [0.1, 0.15) is 0 Å². The average Bonchev–Trinajstić information content (AvgIpc) is 2.69. The van der Waals surface area contributed by atoms with Crippen molar-refractivity contribution < 1.29 is 18.0 Å². The Morgan fingerprint density at radius 2 is 1.66 bits per heavy atom. The van der Waals surface area contributed by atoms with E-state index >= 15 is 0 Å². The van der Waals surface area contributed by atoms with Gasteiger partial charge in [-0.1, -0.05) is 34.8 Å². The molecule has 0 saturated carbocycles. The van der Waals surface area contributed by atoms with Gasteiger partial charge in [-0.15, -0.1) is 0 Å². The van der Waals surface area contributed by atoms with Crippen LogP contribution in [0.5, 0.6) is 0 Å². The number of nitrogens with one attached hydrogen (secondary N) is 1. The Bertz CT molecular complexity index is 993. The number of ketones is 1. The van der Waals surface area contributed by atoms with E-state index in [4.69, 9.17) is 23.2 Å². The van der Waals surface area contributed by atoms with E-state index in [0.717, 1.165) is 11.8 Å². The molecule has 3 nitrogen and oxygen atoms in total. The molecule has 8 heteroatoms. The van der Waals surface area contributed by atoms with E-state index in [-0.39, 0.29) is 10.8 Å². The van der Waals surface area contributed by atoms with Crippen LogP contribution in [-0.2, 0) is 6.18 Å². The van der Waals surface area contributed by atoms with Gasteiger partial charge < -0.3 is 5.32 Å². The Labute approximate surface area is 176 Å². The fraction of sp³-hybridized carbons (Fsp3) is 0.143. The third kappa shape index (κ3) is 6.21. The quantitative estimate of drug-likeness (QED) is 0.462. The van der Waals surface area contributed by atoms with Crippen LogP contribution in [0.3, 0.4) is 0 Å². The lowest BCUT2D eigenvalue weighted by molar-refractivity contribution is -0.137. The average molecular weight is 441 g/mol. The molecule has 0 radical (unpaired) electrons. The minimum atomic E-state index is -4.36. The van der Waals surface area contributed by atoms with E-state index in [1.54, 1.807) is 56.7 Å². The van der Waals surface area contributed by atoms with E-state index in [2.05, 4.69) is 10.3 Å². The normalized spacial score (nSPS) is 10.7. The second kappa shape index (κ2) is 9.76. The largest absolute Gasteiger partial charge is 0.417 e. The third-order valence-electron chi connectivity index (χ3n) is 3.87. The molecular weight excluding hydrogens is 424 g/mol. The molecule has 2 aromatic carbocycles. The molecule has 0 aliphatic rings. The van der Waals surface area contributed by atoms with Crippen LogP contribution in [0.1, 0.15) is 27.0 Å². The van der Waals surface area contributed by atoms with Crippen LogP contribution in [0.25, 0.3) is 0 Å². The number of carbonyl (C=O) groups excluding carboxylic acids is 1. The van der Waals surface area contributed by atoms with Crippen LogP contribution in [0.15, 0.2) is 60.9 Å². The number of anilines is 1. The minimum absolute atomic E-state index is 0.0478. The lowest BCUT2D eigenvalue weighted by Gasteiger charge is -2.08. The molecule has 0 bridgehead atoms. The first kappa shape index (κ1) is 22.7. The van der Waals surface area contributed by atoms with Gasteiger partial charge in [-0.3, -0.25) is 9.78 Å². The van der Waals surface area contributed by atoms with Gasteiger partial charge in [-0.05, 0) is 49.4 Å². The summed E-state index contributed by atoms with van der Waals surface area (Å²) in [7, 11) is 1.76. The van der Waals surface area contributed by atoms with Gasteiger partial charge in [0, 0.05) is 41.3 Å². The number of hydrogen-bond acceptors (Lipinski definition) is 3. The van der Waals surface area contributed by atoms with Crippen molar-refractivity contribution in [2.24, 2.45) is 0 Å². The Morgan fingerprint density at radius 3 is 2.21 bits per heavy atom. The summed E-state index contributed by atoms with van der Waals surface area (Å²) in [5, 5.41) is 3.31. The van der Waals surface area contributed by atoms with Gasteiger partial charge in [-0.25, -0.2) is 0 Å². The summed E-state index contributed by atoms with van der Waals surface area (Å²) in [4.78, 5) is 16.1. The number of aromatic nitrogens is 1. The lowest BCUT2D eigenvalue weighted by Crippen LogP contribution is -2.05. The van der Waals surface area contributed by atoms with E-state index in [1.807, 2.05) is 0 Å². The summed E-state index contributed by atoms with van der Waals surface area (Å²) in [5.41, 5.74) is 1.71. The zero-order chi connectivity index (χ0) is 21.6. The fourth-order valence-corrected chi connectivity index (χ4v) is 2.83. The highest BCUT2D eigenvalue weighted by molar-refractivity contribution is 6.31. The molecule has 0 unspecified atom stereocenters. The smallest absolute Gasteiger partial charge is 0.387 e. The van der Waals surface area contributed by atoms with Gasteiger partial charge in [0.15, 0.2) is 5.78 Å². The molecule has 29 heavy (non-hydrogen) atoms. The maximum absolute atomic E-state index is 12.2. The second-order valence-electron chi connectivity index (χ2n) is 5.99. The van der Waals surface area contributed by atoms with E-state index in [1.165, 1.54) is 12.1 Å². The zero-order valence-electron chi connectivity index (χ0n) is 15.5. The second-order valence-corrected chi connectivity index (χ2v) is 6.83. The van der Waals surface area contributed by atoms with Crippen molar-refractivity contribution in [2.45, 2.75) is 13.1 Å². The van der Waals surface area contributed by atoms with Crippen molar-refractivity contribution in [1.82, 2.24) is 4.98 Å². The molecule has 1 N–H and O–H groups in total. The number of hydrogen-bond donors (Lipinski definition) is 1. The molecule has 0 fully saturated rings. The summed E-state index contributed by atoms with van der Waals surface area (Å²) < 4.78 is 36.4. The molecule has 0 aliphatic heterocycles. The first-order valence-electron chi connectivity index (χ1n) is 8.39. The summed E-state index contributed by atoms with van der Waals surface area (Å²) >= 11 is 11.2. The van der Waals surface area contributed by atoms with Crippen LogP contribution in [0.2, 0.25) is 10.0 Å². The predicted octanol–water partition coefficient (Wildman–Crippen LogP) is 6.67. The van der Waals surface area contributed by atoms with Crippen molar-refractivity contribution in [3.05, 3.63) is 93.2 Å². The topological polar surface area (TPSA) is 42.0 Å². The number of halogens is 5. The number of rotatable bonds is 3. The van der Waals surface area contributed by atoms with E-state index < -0.39 is 11.7 Å². The van der Waals surface area contributed by atoms with Crippen molar-refractivity contribution in [3.63, 3.8) is 0 Å². The highest BCUT2D eigenvalue weighted by Gasteiger charge is 2.32. The number of alkyl halides is 3. The minimum Gasteiger partial charge on any atom is -0.387 e. The molecule has 1 heterocycles. The first-order valence-corrected chi connectivity index (χ1v) is 9.14. The molecule has 0 amide bonds. The maximum Gasteiger partial charge on any atom is 0.417 e. The molecule has 0 aliphatic carbocycles.